The maximum Gasteiger partial charge on any atom is 0.315 e. The van der Waals surface area contributed by atoms with E-state index in [1.165, 1.54) is 0 Å². The van der Waals surface area contributed by atoms with Gasteiger partial charge in [0, 0.05) is 32.7 Å². The van der Waals surface area contributed by atoms with Crippen LogP contribution in [0.4, 0.5) is 4.79 Å². The normalized spacial score (nSPS) is 20.8. The topological polar surface area (TPSA) is 117 Å². The molecule has 4 N–H and O–H groups in total. The molecule has 1 saturated carbocycles. The Bertz CT molecular complexity index is 375. The Kier molecular flexibility index (Phi) is 7.52. The molecule has 120 valence electrons. The second kappa shape index (κ2) is 9.17. The van der Waals surface area contributed by atoms with Crippen LogP contribution in [0, 0.1) is 5.92 Å². The Hall–Kier alpha value is -1.83. The van der Waals surface area contributed by atoms with Gasteiger partial charge in [-0.2, -0.15) is 0 Å². The van der Waals surface area contributed by atoms with Crippen molar-refractivity contribution in [2.75, 3.05) is 26.8 Å². The zero-order valence-electron chi connectivity index (χ0n) is 12.2. The molecule has 0 aromatic carbocycles. The zero-order valence-corrected chi connectivity index (χ0v) is 12.2. The number of carboxylic acid groups (broad SMARTS) is 1. The lowest BCUT2D eigenvalue weighted by molar-refractivity contribution is -0.142. The second-order valence-corrected chi connectivity index (χ2v) is 4.98. The maximum absolute atomic E-state index is 11.6. The van der Waals surface area contributed by atoms with Crippen LogP contribution in [-0.2, 0) is 14.3 Å². The van der Waals surface area contributed by atoms with Crippen molar-refractivity contribution in [3.8, 4) is 0 Å². The summed E-state index contributed by atoms with van der Waals surface area (Å²) in [7, 11) is 1.55. The van der Waals surface area contributed by atoms with Crippen LogP contribution in [0.15, 0.2) is 0 Å². The first-order valence-corrected chi connectivity index (χ1v) is 7.07. The molecule has 0 aromatic heterocycles. The molecule has 0 heterocycles. The minimum atomic E-state index is -0.879. The van der Waals surface area contributed by atoms with Crippen LogP contribution in [0.3, 0.4) is 0 Å². The third-order valence-electron chi connectivity index (χ3n) is 3.42. The van der Waals surface area contributed by atoms with Crippen molar-refractivity contribution >= 4 is 17.9 Å². The van der Waals surface area contributed by atoms with E-state index < -0.39 is 17.9 Å². The van der Waals surface area contributed by atoms with E-state index in [0.717, 1.165) is 6.42 Å². The van der Waals surface area contributed by atoms with Crippen molar-refractivity contribution < 1.29 is 24.2 Å². The van der Waals surface area contributed by atoms with E-state index >= 15 is 0 Å². The highest BCUT2D eigenvalue weighted by Crippen LogP contribution is 2.25. The lowest BCUT2D eigenvalue weighted by atomic mass is 10.0. The highest BCUT2D eigenvalue weighted by molar-refractivity contribution is 5.79. The Labute approximate surface area is 123 Å². The van der Waals surface area contributed by atoms with Gasteiger partial charge in [0.1, 0.15) is 0 Å². The Balaban J connectivity index is 2.16. The van der Waals surface area contributed by atoms with Gasteiger partial charge in [0.15, 0.2) is 0 Å². The third-order valence-corrected chi connectivity index (χ3v) is 3.42. The van der Waals surface area contributed by atoms with Gasteiger partial charge in [-0.15, -0.1) is 0 Å². The first kappa shape index (κ1) is 17.2. The molecule has 1 aliphatic carbocycles. The van der Waals surface area contributed by atoms with Crippen molar-refractivity contribution in [3.63, 3.8) is 0 Å². The molecule has 3 amide bonds. The number of carbonyl (C=O) groups excluding carboxylic acids is 2. The summed E-state index contributed by atoms with van der Waals surface area (Å²) in [5.41, 5.74) is 0. The molecule has 8 heteroatoms. The Morgan fingerprint density at radius 3 is 2.62 bits per heavy atom. The van der Waals surface area contributed by atoms with E-state index in [9.17, 15) is 14.4 Å². The standard InChI is InChI=1S/C13H23N3O5/c1-21-8-7-14-11(17)5-6-15-13(20)16-10-4-2-3-9(10)12(18)19/h9-10H,2-8H2,1H3,(H,14,17)(H,18,19)(H2,15,16,20). The van der Waals surface area contributed by atoms with Gasteiger partial charge in [0.2, 0.25) is 5.91 Å². The van der Waals surface area contributed by atoms with Crippen molar-refractivity contribution in [1.29, 1.82) is 0 Å². The fraction of sp³-hybridized carbons (Fsp3) is 0.769. The average molecular weight is 301 g/mol. The lowest BCUT2D eigenvalue weighted by Crippen LogP contribution is -2.46. The number of ether oxygens (including phenoxy) is 1. The monoisotopic (exact) mass is 301 g/mol. The highest BCUT2D eigenvalue weighted by atomic mass is 16.5. The molecule has 0 saturated heterocycles. The molecule has 0 aliphatic heterocycles. The highest BCUT2D eigenvalue weighted by Gasteiger charge is 2.33. The maximum atomic E-state index is 11.6. The van der Waals surface area contributed by atoms with Gasteiger partial charge in [-0.3, -0.25) is 9.59 Å². The summed E-state index contributed by atoms with van der Waals surface area (Å²) in [6, 6.07) is -0.768. The van der Waals surface area contributed by atoms with Gasteiger partial charge in [-0.25, -0.2) is 4.79 Å². The lowest BCUT2D eigenvalue weighted by Gasteiger charge is -2.17. The molecular weight excluding hydrogens is 278 g/mol. The van der Waals surface area contributed by atoms with Crippen molar-refractivity contribution in [2.45, 2.75) is 31.7 Å². The van der Waals surface area contributed by atoms with Crippen LogP contribution in [0.1, 0.15) is 25.7 Å². The molecule has 1 aliphatic rings. The van der Waals surface area contributed by atoms with Gasteiger partial charge in [-0.1, -0.05) is 6.42 Å². The van der Waals surface area contributed by atoms with Crippen LogP contribution < -0.4 is 16.0 Å². The van der Waals surface area contributed by atoms with E-state index in [1.807, 2.05) is 0 Å². The van der Waals surface area contributed by atoms with Gasteiger partial charge < -0.3 is 25.8 Å². The summed E-state index contributed by atoms with van der Waals surface area (Å²) in [5, 5.41) is 16.9. The number of amides is 3. The third kappa shape index (κ3) is 6.44. The fourth-order valence-electron chi connectivity index (χ4n) is 2.32. The summed E-state index contributed by atoms with van der Waals surface area (Å²) in [5.74, 6) is -1.57. The molecule has 0 aromatic rings. The molecule has 2 atom stereocenters. The largest absolute Gasteiger partial charge is 0.481 e. The Morgan fingerprint density at radius 2 is 1.95 bits per heavy atom. The van der Waals surface area contributed by atoms with Gasteiger partial charge in [0.25, 0.3) is 0 Å². The molecular formula is C13H23N3O5. The molecule has 0 radical (unpaired) electrons. The number of nitrogens with one attached hydrogen (secondary N) is 3. The number of rotatable bonds is 8. The van der Waals surface area contributed by atoms with Gasteiger partial charge in [-0.05, 0) is 12.8 Å². The number of methoxy groups -OCH3 is 1. The van der Waals surface area contributed by atoms with Crippen molar-refractivity contribution in [1.82, 2.24) is 16.0 Å². The van der Waals surface area contributed by atoms with Crippen molar-refractivity contribution in [3.05, 3.63) is 0 Å². The number of carbonyl (C=O) groups is 3. The summed E-state index contributed by atoms with van der Waals surface area (Å²) in [6.45, 7) is 1.08. The molecule has 0 bridgehead atoms. The first-order chi connectivity index (χ1) is 10.0. The second-order valence-electron chi connectivity index (χ2n) is 4.98. The minimum Gasteiger partial charge on any atom is -0.481 e. The average Bonchev–Trinajstić information content (AvgIpc) is 2.87. The van der Waals surface area contributed by atoms with E-state index in [-0.39, 0.29) is 24.9 Å². The van der Waals surface area contributed by atoms with Crippen LogP contribution in [0.2, 0.25) is 0 Å². The molecule has 0 spiro atoms. The van der Waals surface area contributed by atoms with E-state index in [1.54, 1.807) is 7.11 Å². The molecule has 1 fully saturated rings. The zero-order chi connectivity index (χ0) is 15.7. The molecule has 2 unspecified atom stereocenters. The van der Waals surface area contributed by atoms with Crippen LogP contribution in [-0.4, -0.2) is 55.9 Å². The predicted octanol–water partition coefficient (Wildman–Crippen LogP) is -0.308. The number of urea groups is 1. The first-order valence-electron chi connectivity index (χ1n) is 7.07. The summed E-state index contributed by atoms with van der Waals surface area (Å²) < 4.78 is 4.80. The van der Waals surface area contributed by atoms with Gasteiger partial charge >= 0.3 is 12.0 Å². The SMILES string of the molecule is COCCNC(=O)CCNC(=O)NC1CCCC1C(=O)O. The predicted molar refractivity (Wildman–Crippen MR) is 74.8 cm³/mol. The number of hydrogen-bond donors (Lipinski definition) is 4. The van der Waals surface area contributed by atoms with E-state index in [4.69, 9.17) is 9.84 Å². The smallest absolute Gasteiger partial charge is 0.315 e. The number of hydrogen-bond acceptors (Lipinski definition) is 4. The van der Waals surface area contributed by atoms with Crippen LogP contribution in [0.25, 0.3) is 0 Å². The number of carboxylic acids is 1. The molecule has 21 heavy (non-hydrogen) atoms. The van der Waals surface area contributed by atoms with Crippen LogP contribution in [0.5, 0.6) is 0 Å². The van der Waals surface area contributed by atoms with E-state index in [0.29, 0.717) is 26.0 Å². The van der Waals surface area contributed by atoms with Crippen molar-refractivity contribution in [2.24, 2.45) is 5.92 Å². The summed E-state index contributed by atoms with van der Waals surface area (Å²) in [6.07, 6.45) is 2.22. The summed E-state index contributed by atoms with van der Waals surface area (Å²) >= 11 is 0. The fourth-order valence-corrected chi connectivity index (χ4v) is 2.32. The van der Waals surface area contributed by atoms with Gasteiger partial charge in [0.05, 0.1) is 12.5 Å². The van der Waals surface area contributed by atoms with E-state index in [2.05, 4.69) is 16.0 Å². The van der Waals surface area contributed by atoms with Crippen LogP contribution >= 0.6 is 0 Å². The minimum absolute atomic E-state index is 0.170. The number of aliphatic carboxylic acids is 1. The molecule has 1 rings (SSSR count). The molecule has 8 nitrogen and oxygen atoms in total. The quantitative estimate of drug-likeness (QED) is 0.459. The summed E-state index contributed by atoms with van der Waals surface area (Å²) in [4.78, 5) is 34.0. The Morgan fingerprint density at radius 1 is 1.19 bits per heavy atom.